The van der Waals surface area contributed by atoms with Gasteiger partial charge in [0.2, 0.25) is 5.91 Å². The number of rotatable bonds is 5. The molecule has 1 aromatic carbocycles. The van der Waals surface area contributed by atoms with Gasteiger partial charge in [-0.05, 0) is 5.56 Å². The summed E-state index contributed by atoms with van der Waals surface area (Å²) in [5.74, 6) is -1.83. The van der Waals surface area contributed by atoms with Gasteiger partial charge in [-0.25, -0.2) is 4.98 Å². The lowest BCUT2D eigenvalue weighted by Gasteiger charge is -2.10. The largest absolute Gasteiger partial charge is 0.503 e. The highest BCUT2D eigenvalue weighted by molar-refractivity contribution is 6.05. The fraction of sp³-hybridized carbons (Fsp3) is 0.133. The molecule has 0 saturated heterocycles. The van der Waals surface area contributed by atoms with Crippen LogP contribution in [0.25, 0.3) is 0 Å². The van der Waals surface area contributed by atoms with E-state index in [1.807, 2.05) is 35.6 Å². The Balaban J connectivity index is 2.12. The minimum absolute atomic E-state index is 0.101. The van der Waals surface area contributed by atoms with Crippen LogP contribution in [0.1, 0.15) is 16.1 Å². The van der Waals surface area contributed by atoms with Gasteiger partial charge in [0.25, 0.3) is 5.91 Å². The standard InChI is InChI=1S/C15H15N3O4/c16-8-12(19)18-15(21)13-14(20)11(6-7-17-13)22-9-10-4-2-1-3-5-10/h1-7,20H,8-9,16H2,(H,18,19,21). The molecule has 0 radical (unpaired) electrons. The quantitative estimate of drug-likeness (QED) is 0.744. The first kappa shape index (κ1) is 15.5. The van der Waals surface area contributed by atoms with Crippen LogP contribution in [0.5, 0.6) is 11.5 Å². The number of amides is 2. The Morgan fingerprint density at radius 2 is 1.95 bits per heavy atom. The number of pyridine rings is 1. The van der Waals surface area contributed by atoms with Crippen LogP contribution < -0.4 is 15.8 Å². The maximum Gasteiger partial charge on any atom is 0.280 e. The molecule has 0 spiro atoms. The number of ether oxygens (including phenoxy) is 1. The molecule has 1 heterocycles. The molecule has 0 aliphatic carbocycles. The monoisotopic (exact) mass is 301 g/mol. The SMILES string of the molecule is NCC(=O)NC(=O)c1nccc(OCc2ccccc2)c1O. The number of hydrogen-bond donors (Lipinski definition) is 3. The summed E-state index contributed by atoms with van der Waals surface area (Å²) in [6, 6.07) is 10.8. The maximum atomic E-state index is 11.8. The normalized spacial score (nSPS) is 10.0. The predicted octanol–water partition coefficient (Wildman–Crippen LogP) is 0.581. The second-order valence-electron chi connectivity index (χ2n) is 4.36. The molecule has 7 nitrogen and oxygen atoms in total. The van der Waals surface area contributed by atoms with Gasteiger partial charge in [-0.1, -0.05) is 30.3 Å². The van der Waals surface area contributed by atoms with Crippen LogP contribution >= 0.6 is 0 Å². The van der Waals surface area contributed by atoms with Crippen LogP contribution in [0, 0.1) is 0 Å². The van der Waals surface area contributed by atoms with Gasteiger partial charge in [0.15, 0.2) is 17.2 Å². The van der Waals surface area contributed by atoms with E-state index in [0.29, 0.717) is 0 Å². The molecule has 0 unspecified atom stereocenters. The average molecular weight is 301 g/mol. The van der Waals surface area contributed by atoms with Crippen molar-refractivity contribution in [3.05, 3.63) is 53.9 Å². The van der Waals surface area contributed by atoms with Crippen LogP contribution in [0.2, 0.25) is 0 Å². The molecule has 2 aromatic rings. The minimum atomic E-state index is -0.835. The van der Waals surface area contributed by atoms with E-state index in [1.54, 1.807) is 0 Å². The van der Waals surface area contributed by atoms with Gasteiger partial charge >= 0.3 is 0 Å². The topological polar surface area (TPSA) is 115 Å². The summed E-state index contributed by atoms with van der Waals surface area (Å²) >= 11 is 0. The first-order chi connectivity index (χ1) is 10.6. The Hall–Kier alpha value is -2.93. The molecule has 114 valence electrons. The van der Waals surface area contributed by atoms with Crippen molar-refractivity contribution in [2.45, 2.75) is 6.61 Å². The lowest BCUT2D eigenvalue weighted by atomic mass is 10.2. The fourth-order valence-electron chi connectivity index (χ4n) is 1.69. The third kappa shape index (κ3) is 3.80. The summed E-state index contributed by atoms with van der Waals surface area (Å²) in [5.41, 5.74) is 5.71. The Labute approximate surface area is 126 Å². The molecule has 0 aliphatic heterocycles. The van der Waals surface area contributed by atoms with Crippen molar-refractivity contribution < 1.29 is 19.4 Å². The highest BCUT2D eigenvalue weighted by Crippen LogP contribution is 2.28. The number of nitrogens with zero attached hydrogens (tertiary/aromatic N) is 1. The van der Waals surface area contributed by atoms with E-state index < -0.39 is 17.6 Å². The minimum Gasteiger partial charge on any atom is -0.503 e. The van der Waals surface area contributed by atoms with Crippen molar-refractivity contribution >= 4 is 11.8 Å². The molecular formula is C15H15N3O4. The average Bonchev–Trinajstić information content (AvgIpc) is 2.54. The van der Waals surface area contributed by atoms with Gasteiger partial charge in [-0.3, -0.25) is 14.9 Å². The second-order valence-corrected chi connectivity index (χ2v) is 4.36. The molecule has 22 heavy (non-hydrogen) atoms. The Bertz CT molecular complexity index is 674. The second kappa shape index (κ2) is 7.19. The van der Waals surface area contributed by atoms with E-state index in [9.17, 15) is 14.7 Å². The molecule has 2 rings (SSSR count). The molecule has 0 bridgehead atoms. The van der Waals surface area contributed by atoms with Gasteiger partial charge in [0, 0.05) is 12.3 Å². The van der Waals surface area contributed by atoms with Crippen molar-refractivity contribution in [2.75, 3.05) is 6.54 Å². The molecule has 4 N–H and O–H groups in total. The number of nitrogens with one attached hydrogen (secondary N) is 1. The Morgan fingerprint density at radius 3 is 2.64 bits per heavy atom. The zero-order valence-electron chi connectivity index (χ0n) is 11.7. The van der Waals surface area contributed by atoms with Crippen molar-refractivity contribution in [1.29, 1.82) is 0 Å². The number of carbonyl (C=O) groups excluding carboxylic acids is 2. The van der Waals surface area contributed by atoms with Crippen LogP contribution in [0.3, 0.4) is 0 Å². The highest BCUT2D eigenvalue weighted by Gasteiger charge is 2.18. The molecule has 2 amide bonds. The summed E-state index contributed by atoms with van der Waals surface area (Å²) in [7, 11) is 0. The third-order valence-electron chi connectivity index (χ3n) is 2.78. The third-order valence-corrected chi connectivity index (χ3v) is 2.78. The van der Waals surface area contributed by atoms with E-state index in [2.05, 4.69) is 4.98 Å². The predicted molar refractivity (Wildman–Crippen MR) is 78.2 cm³/mol. The van der Waals surface area contributed by atoms with Crippen molar-refractivity contribution in [3.8, 4) is 11.5 Å². The van der Waals surface area contributed by atoms with Gasteiger partial charge < -0.3 is 15.6 Å². The van der Waals surface area contributed by atoms with E-state index in [4.69, 9.17) is 10.5 Å². The summed E-state index contributed by atoms with van der Waals surface area (Å²) in [5, 5.41) is 12.0. The van der Waals surface area contributed by atoms with E-state index in [-0.39, 0.29) is 24.6 Å². The number of nitrogens with two attached hydrogens (primary N) is 1. The van der Waals surface area contributed by atoms with Crippen LogP contribution in [0.4, 0.5) is 0 Å². The van der Waals surface area contributed by atoms with Crippen molar-refractivity contribution in [1.82, 2.24) is 10.3 Å². The maximum absolute atomic E-state index is 11.8. The number of aromatic nitrogens is 1. The molecular weight excluding hydrogens is 286 g/mol. The molecule has 0 saturated carbocycles. The van der Waals surface area contributed by atoms with Crippen LogP contribution in [0.15, 0.2) is 42.6 Å². The van der Waals surface area contributed by atoms with E-state index in [1.165, 1.54) is 12.3 Å². The zero-order valence-corrected chi connectivity index (χ0v) is 11.7. The van der Waals surface area contributed by atoms with Gasteiger partial charge in [0.05, 0.1) is 6.54 Å². The molecule has 0 fully saturated rings. The van der Waals surface area contributed by atoms with Crippen molar-refractivity contribution in [3.63, 3.8) is 0 Å². The number of benzene rings is 1. The molecule has 0 atom stereocenters. The number of aromatic hydroxyl groups is 1. The highest BCUT2D eigenvalue weighted by atomic mass is 16.5. The van der Waals surface area contributed by atoms with Gasteiger partial charge in [-0.15, -0.1) is 0 Å². The summed E-state index contributed by atoms with van der Waals surface area (Å²) in [6.45, 7) is -0.113. The fourth-order valence-corrected chi connectivity index (χ4v) is 1.69. The summed E-state index contributed by atoms with van der Waals surface area (Å²) < 4.78 is 5.47. The van der Waals surface area contributed by atoms with Crippen LogP contribution in [-0.4, -0.2) is 28.4 Å². The van der Waals surface area contributed by atoms with Crippen molar-refractivity contribution in [2.24, 2.45) is 5.73 Å². The molecule has 0 aliphatic rings. The molecule has 7 heteroatoms. The number of imide groups is 1. The smallest absolute Gasteiger partial charge is 0.280 e. The van der Waals surface area contributed by atoms with Crippen LogP contribution in [-0.2, 0) is 11.4 Å². The number of hydrogen-bond acceptors (Lipinski definition) is 6. The molecule has 1 aromatic heterocycles. The van der Waals surface area contributed by atoms with Gasteiger partial charge in [-0.2, -0.15) is 0 Å². The van der Waals surface area contributed by atoms with Gasteiger partial charge in [0.1, 0.15) is 6.61 Å². The zero-order chi connectivity index (χ0) is 15.9. The first-order valence-electron chi connectivity index (χ1n) is 6.50. The number of carbonyl (C=O) groups is 2. The first-order valence-corrected chi connectivity index (χ1v) is 6.50. The summed E-state index contributed by atoms with van der Waals surface area (Å²) in [4.78, 5) is 26.6. The lowest BCUT2D eigenvalue weighted by Crippen LogP contribution is -2.35. The van der Waals surface area contributed by atoms with E-state index >= 15 is 0 Å². The van der Waals surface area contributed by atoms with E-state index in [0.717, 1.165) is 5.56 Å². The Kier molecular flexibility index (Phi) is 5.05. The lowest BCUT2D eigenvalue weighted by molar-refractivity contribution is -0.118. The Morgan fingerprint density at radius 1 is 1.23 bits per heavy atom. The summed E-state index contributed by atoms with van der Waals surface area (Å²) in [6.07, 6.45) is 1.31.